The molecule has 22 heavy (non-hydrogen) atoms. The summed E-state index contributed by atoms with van der Waals surface area (Å²) in [6, 6.07) is 5.50. The monoisotopic (exact) mass is 294 g/mol. The van der Waals surface area contributed by atoms with Crippen LogP contribution < -0.4 is 0 Å². The fraction of sp³-hybridized carbons (Fsp3) is 0.500. The Morgan fingerprint density at radius 1 is 1.32 bits per heavy atom. The van der Waals surface area contributed by atoms with Crippen LogP contribution in [0.1, 0.15) is 55.8 Å². The zero-order chi connectivity index (χ0) is 15.5. The highest BCUT2D eigenvalue weighted by Crippen LogP contribution is 2.62. The van der Waals surface area contributed by atoms with E-state index in [9.17, 15) is 10.2 Å². The summed E-state index contributed by atoms with van der Waals surface area (Å²) in [7, 11) is 0. The lowest BCUT2D eigenvalue weighted by atomic mass is 9.54. The number of benzene rings is 1. The zero-order valence-corrected chi connectivity index (χ0v) is 12.9. The molecule has 3 aliphatic carbocycles. The number of rotatable bonds is 0. The minimum Gasteiger partial charge on any atom is -0.508 e. The highest BCUT2D eigenvalue weighted by Gasteiger charge is 2.52. The number of aliphatic hydroxyl groups excluding tert-OH is 1. The minimum absolute atomic E-state index is 0.115. The molecule has 0 aliphatic heterocycles. The Hall–Kier alpha value is -1.72. The first-order valence-corrected chi connectivity index (χ1v) is 8.22. The number of terminal acetylenes is 1. The molecule has 0 saturated heterocycles. The molecule has 1 unspecified atom stereocenters. The van der Waals surface area contributed by atoms with Crippen LogP contribution in [-0.2, 0) is 0 Å². The first kappa shape index (κ1) is 13.9. The van der Waals surface area contributed by atoms with E-state index in [1.54, 1.807) is 12.1 Å². The summed E-state index contributed by atoms with van der Waals surface area (Å²) in [5.74, 6) is 4.65. The van der Waals surface area contributed by atoms with Crippen molar-refractivity contribution in [3.8, 4) is 18.1 Å². The normalized spacial score (nSPS) is 39.2. The second-order valence-corrected chi connectivity index (χ2v) is 7.40. The predicted molar refractivity (Wildman–Crippen MR) is 86.3 cm³/mol. The molecule has 4 rings (SSSR count). The van der Waals surface area contributed by atoms with E-state index in [4.69, 9.17) is 6.42 Å². The third kappa shape index (κ3) is 1.72. The van der Waals surface area contributed by atoms with Crippen LogP contribution in [0, 0.1) is 29.6 Å². The topological polar surface area (TPSA) is 40.5 Å². The number of aromatic hydroxyl groups is 1. The van der Waals surface area contributed by atoms with Gasteiger partial charge < -0.3 is 10.2 Å². The molecule has 1 aromatic carbocycles. The van der Waals surface area contributed by atoms with Crippen LogP contribution in [0.4, 0.5) is 0 Å². The number of hydrogen-bond acceptors (Lipinski definition) is 2. The summed E-state index contributed by atoms with van der Waals surface area (Å²) in [6.45, 7) is 2.31. The van der Waals surface area contributed by atoms with Crippen LogP contribution in [0.2, 0.25) is 0 Å². The van der Waals surface area contributed by atoms with Crippen LogP contribution in [0.5, 0.6) is 5.75 Å². The average Bonchev–Trinajstić information content (AvgIpc) is 2.84. The minimum atomic E-state index is -0.472. The second kappa shape index (κ2) is 4.64. The van der Waals surface area contributed by atoms with Crippen LogP contribution in [-0.4, -0.2) is 10.2 Å². The van der Waals surface area contributed by atoms with E-state index >= 15 is 0 Å². The van der Waals surface area contributed by atoms with Gasteiger partial charge in [-0.05, 0) is 66.7 Å². The molecule has 1 fully saturated rings. The summed E-state index contributed by atoms with van der Waals surface area (Å²) in [4.78, 5) is 0. The van der Waals surface area contributed by atoms with E-state index in [0.717, 1.165) is 31.2 Å². The van der Waals surface area contributed by atoms with Gasteiger partial charge in [0.1, 0.15) is 5.75 Å². The number of phenolic OH excluding ortho intramolecular Hbond substituents is 1. The van der Waals surface area contributed by atoms with Gasteiger partial charge in [0.15, 0.2) is 0 Å². The van der Waals surface area contributed by atoms with Gasteiger partial charge in [0.2, 0.25) is 0 Å². The first-order valence-electron chi connectivity index (χ1n) is 8.22. The van der Waals surface area contributed by atoms with Gasteiger partial charge in [0.05, 0.1) is 6.10 Å². The highest BCUT2D eigenvalue weighted by molar-refractivity contribution is 5.44. The third-order valence-electron chi connectivity index (χ3n) is 6.50. The number of aliphatic hydroxyl groups is 1. The summed E-state index contributed by atoms with van der Waals surface area (Å²) >= 11 is 0. The van der Waals surface area contributed by atoms with Crippen LogP contribution in [0.15, 0.2) is 29.8 Å². The van der Waals surface area contributed by atoms with Crippen molar-refractivity contribution in [3.63, 3.8) is 0 Å². The Morgan fingerprint density at radius 2 is 2.14 bits per heavy atom. The quantitative estimate of drug-likeness (QED) is 0.712. The molecule has 0 spiro atoms. The molecule has 5 atom stereocenters. The second-order valence-electron chi connectivity index (χ2n) is 7.40. The van der Waals surface area contributed by atoms with E-state index in [1.807, 2.05) is 6.07 Å². The van der Waals surface area contributed by atoms with Gasteiger partial charge in [-0.1, -0.05) is 25.0 Å². The molecule has 114 valence electrons. The Labute approximate surface area is 131 Å². The van der Waals surface area contributed by atoms with E-state index < -0.39 is 6.10 Å². The molecule has 0 amide bonds. The third-order valence-corrected chi connectivity index (χ3v) is 6.50. The Kier molecular flexibility index (Phi) is 2.93. The summed E-state index contributed by atoms with van der Waals surface area (Å²) in [5.41, 5.74) is 3.44. The molecule has 0 aromatic heterocycles. The molecular formula is C20H22O2. The standard InChI is InChI=1S/C20H22O2/c1-3-12-4-7-18-16-11-19(22)17-10-13(21)5-6-14(17)15(16)8-9-20(12,18)2/h1,4-6,10,15-16,18-19,21-22H,7-9,11H2,2H3/t15-,16-,18+,19?,20-/m1/s1. The Bertz CT molecular complexity index is 696. The molecule has 0 bridgehead atoms. The van der Waals surface area contributed by atoms with Crippen molar-refractivity contribution in [2.75, 3.05) is 0 Å². The van der Waals surface area contributed by atoms with Crippen molar-refractivity contribution in [1.82, 2.24) is 0 Å². The van der Waals surface area contributed by atoms with Crippen LogP contribution in [0.3, 0.4) is 0 Å². The number of hydrogen-bond donors (Lipinski definition) is 2. The summed E-state index contributed by atoms with van der Waals surface area (Å²) in [5, 5.41) is 20.3. The van der Waals surface area contributed by atoms with Gasteiger partial charge >= 0.3 is 0 Å². The molecule has 1 saturated carbocycles. The lowest BCUT2D eigenvalue weighted by Gasteiger charge is -2.50. The molecule has 0 heterocycles. The molecule has 2 nitrogen and oxygen atoms in total. The highest BCUT2D eigenvalue weighted by atomic mass is 16.3. The van der Waals surface area contributed by atoms with E-state index in [0.29, 0.717) is 17.8 Å². The van der Waals surface area contributed by atoms with Gasteiger partial charge in [-0.2, -0.15) is 0 Å². The van der Waals surface area contributed by atoms with Crippen molar-refractivity contribution >= 4 is 0 Å². The van der Waals surface area contributed by atoms with Gasteiger partial charge in [-0.15, -0.1) is 6.42 Å². The smallest absolute Gasteiger partial charge is 0.115 e. The van der Waals surface area contributed by atoms with E-state index in [2.05, 4.69) is 18.9 Å². The number of phenols is 1. The molecule has 2 heteroatoms. The zero-order valence-electron chi connectivity index (χ0n) is 12.9. The van der Waals surface area contributed by atoms with Crippen molar-refractivity contribution in [2.45, 2.75) is 44.6 Å². The van der Waals surface area contributed by atoms with E-state index in [1.165, 1.54) is 11.1 Å². The van der Waals surface area contributed by atoms with Crippen molar-refractivity contribution in [1.29, 1.82) is 0 Å². The Balaban J connectivity index is 1.75. The van der Waals surface area contributed by atoms with Gasteiger partial charge in [-0.25, -0.2) is 0 Å². The van der Waals surface area contributed by atoms with Crippen molar-refractivity contribution in [3.05, 3.63) is 41.0 Å². The lowest BCUT2D eigenvalue weighted by Crippen LogP contribution is -2.41. The fourth-order valence-electron chi connectivity index (χ4n) is 5.37. The maximum atomic E-state index is 10.6. The van der Waals surface area contributed by atoms with Crippen molar-refractivity contribution < 1.29 is 10.2 Å². The maximum Gasteiger partial charge on any atom is 0.115 e. The Morgan fingerprint density at radius 3 is 2.91 bits per heavy atom. The lowest BCUT2D eigenvalue weighted by molar-refractivity contribution is 0.0286. The molecule has 2 N–H and O–H groups in total. The summed E-state index contributed by atoms with van der Waals surface area (Å²) in [6.07, 6.45) is 11.5. The largest absolute Gasteiger partial charge is 0.508 e. The van der Waals surface area contributed by atoms with Gasteiger partial charge in [0.25, 0.3) is 0 Å². The van der Waals surface area contributed by atoms with Crippen LogP contribution in [0.25, 0.3) is 0 Å². The fourth-order valence-corrected chi connectivity index (χ4v) is 5.37. The summed E-state index contributed by atoms with van der Waals surface area (Å²) < 4.78 is 0. The van der Waals surface area contributed by atoms with Gasteiger partial charge in [-0.3, -0.25) is 0 Å². The average molecular weight is 294 g/mol. The SMILES string of the molecule is C#CC1=CC[C@H]2[C@@H]3CC(O)c4cc(O)ccc4[C@H]3CC[C@]12C. The first-order chi connectivity index (χ1) is 10.5. The van der Waals surface area contributed by atoms with E-state index in [-0.39, 0.29) is 11.2 Å². The number of allylic oxidation sites excluding steroid dienone is 2. The molecule has 3 aliphatic rings. The van der Waals surface area contributed by atoms with Crippen molar-refractivity contribution in [2.24, 2.45) is 17.3 Å². The molecular weight excluding hydrogens is 272 g/mol. The maximum absolute atomic E-state index is 10.6. The van der Waals surface area contributed by atoms with Gasteiger partial charge in [0, 0.05) is 11.0 Å². The number of fused-ring (bicyclic) bond motifs is 5. The molecule has 1 aromatic rings. The predicted octanol–water partition coefficient (Wildman–Crippen LogP) is 3.91. The van der Waals surface area contributed by atoms with Crippen LogP contribution >= 0.6 is 0 Å². The molecule has 0 radical (unpaired) electrons.